The third-order valence-corrected chi connectivity index (χ3v) is 6.28. The first-order valence-corrected chi connectivity index (χ1v) is 10.3. The fraction of sp³-hybridized carbons (Fsp3) is 0.238. The van der Waals surface area contributed by atoms with E-state index < -0.39 is 0 Å². The van der Waals surface area contributed by atoms with Crippen LogP contribution in [-0.4, -0.2) is 36.9 Å². The van der Waals surface area contributed by atoms with E-state index in [9.17, 15) is 9.59 Å². The minimum absolute atomic E-state index is 0.0819. The number of nitrogens with zero attached hydrogens (tertiary/aromatic N) is 4. The van der Waals surface area contributed by atoms with Crippen LogP contribution >= 0.6 is 11.3 Å². The van der Waals surface area contributed by atoms with E-state index in [-0.39, 0.29) is 17.4 Å². The Balaban J connectivity index is 1.47. The number of aromatic nitrogens is 4. The van der Waals surface area contributed by atoms with Crippen molar-refractivity contribution in [3.05, 3.63) is 75.3 Å². The van der Waals surface area contributed by atoms with E-state index in [2.05, 4.69) is 10.1 Å². The number of hydrogen-bond donors (Lipinski definition) is 1. The smallest absolute Gasteiger partial charge is 0.272 e. The average molecular weight is 405 g/mol. The number of rotatable bonds is 4. The molecular formula is C21H19N5O2S. The van der Waals surface area contributed by atoms with Crippen LogP contribution in [0.15, 0.2) is 52.9 Å². The van der Waals surface area contributed by atoms with Crippen LogP contribution in [0.2, 0.25) is 0 Å². The zero-order valence-electron chi connectivity index (χ0n) is 15.8. The number of likely N-dealkylation sites (tertiary alicyclic amines) is 1. The number of amides is 1. The summed E-state index contributed by atoms with van der Waals surface area (Å²) in [6.07, 6.45) is 3.82. The molecule has 0 spiro atoms. The van der Waals surface area contributed by atoms with Gasteiger partial charge in [0.15, 0.2) is 5.65 Å². The van der Waals surface area contributed by atoms with E-state index >= 15 is 0 Å². The predicted octanol–water partition coefficient (Wildman–Crippen LogP) is 2.97. The predicted molar refractivity (Wildman–Crippen MR) is 111 cm³/mol. The molecule has 1 aliphatic rings. The summed E-state index contributed by atoms with van der Waals surface area (Å²) in [6.45, 7) is 3.07. The summed E-state index contributed by atoms with van der Waals surface area (Å²) in [6, 6.07) is 9.36. The first-order valence-electron chi connectivity index (χ1n) is 9.43. The highest BCUT2D eigenvalue weighted by Gasteiger charge is 2.32. The van der Waals surface area contributed by atoms with Gasteiger partial charge in [-0.15, -0.1) is 11.3 Å². The lowest BCUT2D eigenvalue weighted by Crippen LogP contribution is -2.24. The maximum absolute atomic E-state index is 12.7. The van der Waals surface area contributed by atoms with Gasteiger partial charge in [-0.2, -0.15) is 0 Å². The largest absolute Gasteiger partial charge is 0.338 e. The number of H-pyrrole nitrogens is 1. The molecule has 0 aromatic carbocycles. The molecule has 0 aliphatic carbocycles. The Hall–Kier alpha value is -3.26. The Morgan fingerprint density at radius 1 is 1.24 bits per heavy atom. The molecule has 0 radical (unpaired) electrons. The standard InChI is InChI=1S/C21H19N5O2S/c1-13-20(17-3-2-8-29-17)24-26-19(28)10-16(23-21(13)26)15-9-18(27)25(12-15)11-14-4-6-22-7-5-14/h2-8,10,15,24H,9,11-12H2,1H3/t15-/m1/s1. The number of carbonyl (C=O) groups excluding carboxylic acids is 1. The van der Waals surface area contributed by atoms with Gasteiger partial charge in [0.05, 0.1) is 16.3 Å². The van der Waals surface area contributed by atoms with Crippen molar-refractivity contribution in [3.8, 4) is 10.6 Å². The van der Waals surface area contributed by atoms with Crippen LogP contribution in [0.3, 0.4) is 0 Å². The maximum atomic E-state index is 12.7. The van der Waals surface area contributed by atoms with Gasteiger partial charge in [0.25, 0.3) is 5.56 Å². The van der Waals surface area contributed by atoms with Gasteiger partial charge in [-0.25, -0.2) is 9.50 Å². The van der Waals surface area contributed by atoms with Crippen LogP contribution in [0.25, 0.3) is 16.2 Å². The monoisotopic (exact) mass is 405 g/mol. The van der Waals surface area contributed by atoms with E-state index in [1.165, 1.54) is 4.52 Å². The molecule has 0 bridgehead atoms. The number of thiophene rings is 1. The lowest BCUT2D eigenvalue weighted by atomic mass is 10.0. The Kier molecular flexibility index (Phi) is 4.28. The molecular weight excluding hydrogens is 386 g/mol. The van der Waals surface area contributed by atoms with Crippen LogP contribution in [0, 0.1) is 6.92 Å². The summed E-state index contributed by atoms with van der Waals surface area (Å²) in [7, 11) is 0. The molecule has 4 aromatic heterocycles. The molecule has 1 saturated heterocycles. The lowest BCUT2D eigenvalue weighted by Gasteiger charge is -2.16. The summed E-state index contributed by atoms with van der Waals surface area (Å²) in [4.78, 5) is 36.9. The normalized spacial score (nSPS) is 16.8. The van der Waals surface area contributed by atoms with E-state index in [1.54, 1.807) is 29.8 Å². The van der Waals surface area contributed by atoms with Gasteiger partial charge < -0.3 is 4.90 Å². The molecule has 146 valence electrons. The van der Waals surface area contributed by atoms with Crippen molar-refractivity contribution in [2.45, 2.75) is 25.8 Å². The third kappa shape index (κ3) is 3.15. The number of hydrogen-bond acceptors (Lipinski definition) is 5. The van der Waals surface area contributed by atoms with Gasteiger partial charge in [-0.1, -0.05) is 6.07 Å². The number of aromatic amines is 1. The van der Waals surface area contributed by atoms with Crippen molar-refractivity contribution in [2.24, 2.45) is 0 Å². The third-order valence-electron chi connectivity index (χ3n) is 5.40. The number of aryl methyl sites for hydroxylation is 1. The van der Waals surface area contributed by atoms with Crippen molar-refractivity contribution in [2.75, 3.05) is 6.54 Å². The summed E-state index contributed by atoms with van der Waals surface area (Å²) < 4.78 is 1.49. The number of nitrogens with one attached hydrogen (secondary N) is 1. The highest BCUT2D eigenvalue weighted by atomic mass is 32.1. The fourth-order valence-electron chi connectivity index (χ4n) is 3.87. The Labute approximate surface area is 170 Å². The fourth-order valence-corrected chi connectivity index (χ4v) is 4.65. The van der Waals surface area contributed by atoms with Crippen LogP contribution < -0.4 is 5.56 Å². The van der Waals surface area contributed by atoms with E-state index in [0.717, 1.165) is 21.7 Å². The molecule has 1 atom stereocenters. The summed E-state index contributed by atoms with van der Waals surface area (Å²) in [5.74, 6) is 0.000372. The molecule has 5 rings (SSSR count). The van der Waals surface area contributed by atoms with E-state index in [0.29, 0.717) is 30.9 Å². The minimum atomic E-state index is -0.157. The van der Waals surface area contributed by atoms with Crippen molar-refractivity contribution >= 4 is 22.9 Å². The van der Waals surface area contributed by atoms with Gasteiger partial charge in [-0.3, -0.25) is 19.7 Å². The second-order valence-corrected chi connectivity index (χ2v) is 8.25. The average Bonchev–Trinajstić information content (AvgIpc) is 3.44. The van der Waals surface area contributed by atoms with E-state index in [4.69, 9.17) is 4.98 Å². The number of carbonyl (C=O) groups is 1. The maximum Gasteiger partial charge on any atom is 0.272 e. The number of pyridine rings is 1. The molecule has 5 heterocycles. The van der Waals surface area contributed by atoms with Crippen LogP contribution in [0.4, 0.5) is 0 Å². The highest BCUT2D eigenvalue weighted by Crippen LogP contribution is 2.30. The van der Waals surface area contributed by atoms with Crippen molar-refractivity contribution in [1.82, 2.24) is 24.5 Å². The summed E-state index contributed by atoms with van der Waals surface area (Å²) in [5, 5.41) is 5.17. The van der Waals surface area contributed by atoms with Crippen LogP contribution in [0.5, 0.6) is 0 Å². The van der Waals surface area contributed by atoms with Crippen molar-refractivity contribution in [3.63, 3.8) is 0 Å². The Bertz CT molecular complexity index is 1240. The first kappa shape index (κ1) is 17.8. The molecule has 0 unspecified atom stereocenters. The van der Waals surface area contributed by atoms with Gasteiger partial charge in [0.1, 0.15) is 0 Å². The summed E-state index contributed by atoms with van der Waals surface area (Å²) >= 11 is 1.61. The summed E-state index contributed by atoms with van der Waals surface area (Å²) in [5.41, 5.74) is 4.03. The highest BCUT2D eigenvalue weighted by molar-refractivity contribution is 7.13. The zero-order chi connectivity index (χ0) is 20.0. The quantitative estimate of drug-likeness (QED) is 0.566. The second kappa shape index (κ2) is 6.97. The minimum Gasteiger partial charge on any atom is -0.338 e. The molecule has 1 N–H and O–H groups in total. The second-order valence-electron chi connectivity index (χ2n) is 7.30. The van der Waals surface area contributed by atoms with Crippen molar-refractivity contribution < 1.29 is 4.79 Å². The number of fused-ring (bicyclic) bond motifs is 1. The van der Waals surface area contributed by atoms with Gasteiger partial charge >= 0.3 is 0 Å². The van der Waals surface area contributed by atoms with Gasteiger partial charge in [0.2, 0.25) is 5.91 Å². The lowest BCUT2D eigenvalue weighted by molar-refractivity contribution is -0.128. The zero-order valence-corrected chi connectivity index (χ0v) is 16.6. The van der Waals surface area contributed by atoms with Crippen LogP contribution in [0.1, 0.15) is 29.2 Å². The molecule has 7 nitrogen and oxygen atoms in total. The van der Waals surface area contributed by atoms with E-state index in [1.807, 2.05) is 41.5 Å². The molecule has 8 heteroatoms. The first-order chi connectivity index (χ1) is 14.1. The van der Waals surface area contributed by atoms with Crippen molar-refractivity contribution in [1.29, 1.82) is 0 Å². The molecule has 4 aromatic rings. The Morgan fingerprint density at radius 3 is 2.83 bits per heavy atom. The van der Waals surface area contributed by atoms with Gasteiger partial charge in [-0.05, 0) is 36.1 Å². The molecule has 1 fully saturated rings. The molecule has 1 amide bonds. The van der Waals surface area contributed by atoms with Gasteiger partial charge in [0, 0.05) is 49.5 Å². The topological polar surface area (TPSA) is 83.4 Å². The molecule has 0 saturated carbocycles. The van der Waals surface area contributed by atoms with Crippen LogP contribution in [-0.2, 0) is 11.3 Å². The Morgan fingerprint density at radius 2 is 2.07 bits per heavy atom. The molecule has 1 aliphatic heterocycles. The SMILES string of the molecule is Cc1c(-c2cccs2)[nH]n2c(=O)cc([C@@H]3CC(=O)N(Cc4ccncc4)C3)nc12. The molecule has 29 heavy (non-hydrogen) atoms.